The van der Waals surface area contributed by atoms with Crippen LogP contribution in [0, 0.1) is 23.7 Å². The minimum absolute atomic E-state index is 0.925. The molecule has 5 unspecified atom stereocenters. The van der Waals surface area contributed by atoms with Crippen LogP contribution in [0.2, 0.25) is 0 Å². The average molecular weight is 264 g/mol. The van der Waals surface area contributed by atoms with Gasteiger partial charge in [-0.25, -0.2) is 0 Å². The van der Waals surface area contributed by atoms with Crippen molar-refractivity contribution in [2.24, 2.45) is 23.7 Å². The van der Waals surface area contributed by atoms with Crippen LogP contribution in [-0.2, 0) is 9.59 Å². The van der Waals surface area contributed by atoms with Gasteiger partial charge in [-0.3, -0.25) is 0 Å². The molecule has 2 bridgehead atoms. The zero-order valence-electron chi connectivity index (χ0n) is 10.4. The zero-order valence-corrected chi connectivity index (χ0v) is 10.4. The Hall–Kier alpha value is -1.62. The predicted octanol–water partition coefficient (Wildman–Crippen LogP) is -1.38. The van der Waals surface area contributed by atoms with Gasteiger partial charge >= 0.3 is 0 Å². The first-order valence-corrected chi connectivity index (χ1v) is 6.42. The van der Waals surface area contributed by atoms with Gasteiger partial charge in [0.05, 0.1) is 12.1 Å². The average Bonchev–Trinajstić information content (AvgIpc) is 3.03. The largest absolute Gasteiger partial charge is 0.550 e. The van der Waals surface area contributed by atoms with Gasteiger partial charge in [-0.15, -0.1) is 0 Å². The van der Waals surface area contributed by atoms with Crippen LogP contribution in [0.5, 0.6) is 0 Å². The molecule has 3 aliphatic carbocycles. The zero-order chi connectivity index (χ0) is 14.0. The molecule has 0 aliphatic heterocycles. The number of aliphatic hydroxyl groups is 1. The van der Waals surface area contributed by atoms with E-state index >= 15 is 0 Å². The molecule has 0 spiro atoms. The fourth-order valence-corrected chi connectivity index (χ4v) is 3.21. The van der Waals surface area contributed by atoms with E-state index in [2.05, 4.69) is 24.3 Å². The third-order valence-electron chi connectivity index (χ3n) is 4.09. The summed E-state index contributed by atoms with van der Waals surface area (Å²) in [5, 5.41) is 27.3. The summed E-state index contributed by atoms with van der Waals surface area (Å²) in [6.07, 6.45) is 9.62. The Morgan fingerprint density at radius 1 is 1.21 bits per heavy atom. The Morgan fingerprint density at radius 3 is 2.42 bits per heavy atom. The highest BCUT2D eigenvalue weighted by Crippen LogP contribution is 2.52. The van der Waals surface area contributed by atoms with E-state index in [4.69, 9.17) is 5.11 Å². The summed E-state index contributed by atoms with van der Waals surface area (Å²) < 4.78 is 0. The van der Waals surface area contributed by atoms with Crippen LogP contribution in [0.15, 0.2) is 24.3 Å². The maximum Gasteiger partial charge on any atom is 0.0985 e. The van der Waals surface area contributed by atoms with E-state index in [0.717, 1.165) is 23.7 Å². The molecule has 104 valence electrons. The fourth-order valence-electron chi connectivity index (χ4n) is 3.21. The molecule has 3 aliphatic rings. The number of allylic oxidation sites excluding steroid dienone is 4. The van der Waals surface area contributed by atoms with Gasteiger partial charge in [-0.05, 0) is 36.5 Å². The maximum atomic E-state index is 9.58. The Balaban J connectivity index is 0.000000142. The molecule has 0 saturated heterocycles. The Morgan fingerprint density at radius 2 is 1.89 bits per heavy atom. The molecule has 0 heterocycles. The van der Waals surface area contributed by atoms with Crippen molar-refractivity contribution in [3.05, 3.63) is 24.3 Å². The number of aliphatic hydroxyl groups excluding tert-OH is 1. The number of hydrogen-bond donors (Lipinski definition) is 1. The van der Waals surface area contributed by atoms with Gasteiger partial charge in [0.1, 0.15) is 0 Å². The highest BCUT2D eigenvalue weighted by molar-refractivity contribution is 5.76. The molecular formula is C14H16O5-2. The van der Waals surface area contributed by atoms with E-state index < -0.39 is 24.5 Å². The van der Waals surface area contributed by atoms with Gasteiger partial charge in [-0.2, -0.15) is 0 Å². The minimum atomic E-state index is -1.96. The Bertz CT molecular complexity index is 426. The second kappa shape index (κ2) is 5.57. The lowest BCUT2D eigenvalue weighted by Crippen LogP contribution is -2.39. The standard InChI is InChI=1S/C10H12.C4H6O5/c1-2-9-7-4-5-8(6-7)10(9)3-1;5-2(4(8)9)1-3(6)7/h1-2,4-5,7-10H,3,6H2;2,5H,1H2,(H,6,7)(H,8,9)/p-2. The SMILES string of the molecule is C1=CC2C3C=CC(C3)C2C1.O=C([O-])CC(O)C(=O)[O-]. The van der Waals surface area contributed by atoms with Crippen LogP contribution in [-0.4, -0.2) is 23.1 Å². The quantitative estimate of drug-likeness (QED) is 0.633. The molecule has 1 saturated carbocycles. The highest BCUT2D eigenvalue weighted by atomic mass is 16.4. The lowest BCUT2D eigenvalue weighted by molar-refractivity contribution is -0.323. The van der Waals surface area contributed by atoms with Crippen LogP contribution in [0.1, 0.15) is 19.3 Å². The van der Waals surface area contributed by atoms with Crippen molar-refractivity contribution in [3.8, 4) is 0 Å². The number of carbonyl (C=O) groups is 2. The molecule has 0 amide bonds. The monoisotopic (exact) mass is 264 g/mol. The number of carboxylic acid groups (broad SMARTS) is 2. The summed E-state index contributed by atoms with van der Waals surface area (Å²) >= 11 is 0. The summed E-state index contributed by atoms with van der Waals surface area (Å²) in [6, 6.07) is 0. The smallest absolute Gasteiger partial charge is 0.0985 e. The van der Waals surface area contributed by atoms with Crippen molar-refractivity contribution >= 4 is 11.9 Å². The normalized spacial score (nSPS) is 34.6. The second-order valence-electron chi connectivity index (χ2n) is 5.26. The maximum absolute atomic E-state index is 9.58. The first kappa shape index (κ1) is 13.8. The molecule has 5 nitrogen and oxygen atoms in total. The van der Waals surface area contributed by atoms with Crippen molar-refractivity contribution < 1.29 is 24.9 Å². The van der Waals surface area contributed by atoms with Gasteiger partial charge in [0.15, 0.2) is 0 Å². The third-order valence-corrected chi connectivity index (χ3v) is 4.09. The van der Waals surface area contributed by atoms with Crippen LogP contribution in [0.4, 0.5) is 0 Å². The molecule has 0 aromatic carbocycles. The highest BCUT2D eigenvalue weighted by Gasteiger charge is 2.44. The van der Waals surface area contributed by atoms with E-state index in [-0.39, 0.29) is 0 Å². The van der Waals surface area contributed by atoms with E-state index in [1.54, 1.807) is 0 Å². The van der Waals surface area contributed by atoms with Gasteiger partial charge in [-0.1, -0.05) is 24.3 Å². The number of hydrogen-bond acceptors (Lipinski definition) is 5. The first-order valence-electron chi connectivity index (χ1n) is 6.42. The van der Waals surface area contributed by atoms with Crippen LogP contribution in [0.25, 0.3) is 0 Å². The number of carbonyl (C=O) groups excluding carboxylic acids is 2. The van der Waals surface area contributed by atoms with Crippen LogP contribution in [0.3, 0.4) is 0 Å². The topological polar surface area (TPSA) is 100 Å². The third kappa shape index (κ3) is 3.04. The molecular weight excluding hydrogens is 248 g/mol. The lowest BCUT2D eigenvalue weighted by atomic mass is 9.86. The van der Waals surface area contributed by atoms with Gasteiger partial charge in [0.25, 0.3) is 0 Å². The lowest BCUT2D eigenvalue weighted by Gasteiger charge is -2.18. The number of fused-ring (bicyclic) bond motifs is 5. The van der Waals surface area contributed by atoms with Crippen molar-refractivity contribution in [3.63, 3.8) is 0 Å². The summed E-state index contributed by atoms with van der Waals surface area (Å²) in [5.41, 5.74) is 0. The Labute approximate surface area is 111 Å². The number of carboxylic acids is 2. The summed E-state index contributed by atoms with van der Waals surface area (Å²) in [5.74, 6) is 0.398. The van der Waals surface area contributed by atoms with E-state index in [1.807, 2.05) is 0 Å². The fraction of sp³-hybridized carbons (Fsp3) is 0.571. The molecule has 0 aromatic heterocycles. The second-order valence-corrected chi connectivity index (χ2v) is 5.26. The van der Waals surface area contributed by atoms with Crippen LogP contribution < -0.4 is 10.2 Å². The Kier molecular flexibility index (Phi) is 4.04. The molecule has 19 heavy (non-hydrogen) atoms. The van der Waals surface area contributed by atoms with E-state index in [9.17, 15) is 19.8 Å². The molecule has 0 radical (unpaired) electrons. The van der Waals surface area contributed by atoms with Crippen molar-refractivity contribution in [1.82, 2.24) is 0 Å². The first-order chi connectivity index (χ1) is 8.99. The summed E-state index contributed by atoms with van der Waals surface area (Å²) in [6.45, 7) is 0. The van der Waals surface area contributed by atoms with E-state index in [1.165, 1.54) is 12.8 Å². The van der Waals surface area contributed by atoms with Crippen molar-refractivity contribution in [2.75, 3.05) is 0 Å². The molecule has 3 rings (SSSR count). The molecule has 1 N–H and O–H groups in total. The van der Waals surface area contributed by atoms with Gasteiger partial charge < -0.3 is 24.9 Å². The van der Waals surface area contributed by atoms with Gasteiger partial charge in [0, 0.05) is 12.4 Å². The minimum Gasteiger partial charge on any atom is -0.550 e. The predicted molar refractivity (Wildman–Crippen MR) is 62.1 cm³/mol. The van der Waals surface area contributed by atoms with E-state index in [0.29, 0.717) is 0 Å². The molecule has 1 fully saturated rings. The number of rotatable bonds is 3. The summed E-state index contributed by atoms with van der Waals surface area (Å²) in [7, 11) is 0. The molecule has 0 aromatic rings. The van der Waals surface area contributed by atoms with Crippen LogP contribution >= 0.6 is 0 Å². The van der Waals surface area contributed by atoms with Crippen molar-refractivity contribution in [2.45, 2.75) is 25.4 Å². The number of aliphatic carboxylic acids is 2. The van der Waals surface area contributed by atoms with Crippen molar-refractivity contribution in [1.29, 1.82) is 0 Å². The summed E-state index contributed by atoms with van der Waals surface area (Å²) in [4.78, 5) is 19.1. The van der Waals surface area contributed by atoms with Gasteiger partial charge in [0.2, 0.25) is 0 Å². The molecule has 5 atom stereocenters. The molecule has 5 heteroatoms.